The first-order chi connectivity index (χ1) is 10.1. The van der Waals surface area contributed by atoms with Crippen LogP contribution >= 0.6 is 0 Å². The number of nitrogens with zero attached hydrogens (tertiary/aromatic N) is 1. The van der Waals surface area contributed by atoms with Crippen LogP contribution in [0.2, 0.25) is 0 Å². The lowest BCUT2D eigenvalue weighted by Crippen LogP contribution is -2.34. The lowest BCUT2D eigenvalue weighted by atomic mass is 10.0. The van der Waals surface area contributed by atoms with Crippen molar-refractivity contribution in [2.24, 2.45) is 11.7 Å². The van der Waals surface area contributed by atoms with Crippen molar-refractivity contribution in [3.05, 3.63) is 35.1 Å². The highest BCUT2D eigenvalue weighted by Crippen LogP contribution is 2.26. The fourth-order valence-electron chi connectivity index (χ4n) is 3.24. The third kappa shape index (κ3) is 4.79. The van der Waals surface area contributed by atoms with E-state index in [9.17, 15) is 4.39 Å². The molecule has 1 aliphatic carbocycles. The highest BCUT2D eigenvalue weighted by Gasteiger charge is 2.23. The van der Waals surface area contributed by atoms with Gasteiger partial charge < -0.3 is 5.73 Å². The van der Waals surface area contributed by atoms with Crippen LogP contribution in [-0.2, 0) is 13.1 Å². The summed E-state index contributed by atoms with van der Waals surface area (Å²) in [6.45, 7) is 6.95. The summed E-state index contributed by atoms with van der Waals surface area (Å²) in [5, 5.41) is 0. The molecule has 0 aromatic heterocycles. The average molecular weight is 292 g/mol. The Morgan fingerprint density at radius 1 is 1.24 bits per heavy atom. The maximum Gasteiger partial charge on any atom is 0.123 e. The second kappa shape index (κ2) is 7.90. The van der Waals surface area contributed by atoms with Crippen LogP contribution < -0.4 is 5.73 Å². The van der Waals surface area contributed by atoms with Crippen molar-refractivity contribution in [1.29, 1.82) is 0 Å². The van der Waals surface area contributed by atoms with Gasteiger partial charge in [0.15, 0.2) is 0 Å². The third-order valence-electron chi connectivity index (χ3n) is 4.60. The van der Waals surface area contributed by atoms with E-state index in [2.05, 4.69) is 18.7 Å². The van der Waals surface area contributed by atoms with Gasteiger partial charge in [0.2, 0.25) is 0 Å². The molecule has 0 atom stereocenters. The zero-order chi connectivity index (χ0) is 15.2. The van der Waals surface area contributed by atoms with Crippen LogP contribution in [0.25, 0.3) is 0 Å². The van der Waals surface area contributed by atoms with Gasteiger partial charge in [-0.15, -0.1) is 0 Å². The van der Waals surface area contributed by atoms with Gasteiger partial charge in [-0.1, -0.05) is 32.8 Å². The van der Waals surface area contributed by atoms with E-state index in [1.54, 1.807) is 6.07 Å². The van der Waals surface area contributed by atoms with Crippen molar-refractivity contribution in [2.45, 2.75) is 65.1 Å². The smallest absolute Gasteiger partial charge is 0.123 e. The number of rotatable bonds is 7. The lowest BCUT2D eigenvalue weighted by molar-refractivity contribution is 0.179. The van der Waals surface area contributed by atoms with E-state index in [1.807, 2.05) is 6.07 Å². The Morgan fingerprint density at radius 2 is 1.95 bits per heavy atom. The van der Waals surface area contributed by atoms with Crippen LogP contribution in [0.15, 0.2) is 18.2 Å². The molecule has 1 fully saturated rings. The van der Waals surface area contributed by atoms with Crippen LogP contribution in [0.5, 0.6) is 0 Å². The first-order valence-corrected chi connectivity index (χ1v) is 8.31. The molecule has 0 heterocycles. The quantitative estimate of drug-likeness (QED) is 0.820. The molecule has 0 spiro atoms. The molecule has 0 radical (unpaired) electrons. The SMILES string of the molecule is CC(C)CCN(Cc1cc(F)ccc1CN)C1CCCC1. The molecule has 1 aromatic carbocycles. The van der Waals surface area contributed by atoms with Gasteiger partial charge in [-0.25, -0.2) is 4.39 Å². The number of hydrogen-bond donors (Lipinski definition) is 1. The number of benzene rings is 1. The molecule has 118 valence electrons. The molecule has 2 nitrogen and oxygen atoms in total. The predicted molar refractivity (Wildman–Crippen MR) is 86.4 cm³/mol. The standard InChI is InChI=1S/C18H29FN2/c1-14(2)9-10-21(18-5-3-4-6-18)13-16-11-17(19)8-7-15(16)12-20/h7-8,11,14,18H,3-6,9-10,12-13,20H2,1-2H3. The average Bonchev–Trinajstić information content (AvgIpc) is 2.97. The summed E-state index contributed by atoms with van der Waals surface area (Å²) in [7, 11) is 0. The molecule has 0 unspecified atom stereocenters. The van der Waals surface area contributed by atoms with E-state index < -0.39 is 0 Å². The monoisotopic (exact) mass is 292 g/mol. The summed E-state index contributed by atoms with van der Waals surface area (Å²) in [4.78, 5) is 2.56. The van der Waals surface area contributed by atoms with E-state index in [0.717, 1.165) is 24.2 Å². The van der Waals surface area contributed by atoms with Crippen LogP contribution in [-0.4, -0.2) is 17.5 Å². The number of halogens is 1. The van der Waals surface area contributed by atoms with Crippen LogP contribution in [0.4, 0.5) is 4.39 Å². The molecular weight excluding hydrogens is 263 g/mol. The van der Waals surface area contributed by atoms with E-state index in [0.29, 0.717) is 18.5 Å². The summed E-state index contributed by atoms with van der Waals surface area (Å²) >= 11 is 0. The minimum Gasteiger partial charge on any atom is -0.326 e. The van der Waals surface area contributed by atoms with Gasteiger partial charge in [0.25, 0.3) is 0 Å². The largest absolute Gasteiger partial charge is 0.326 e. The van der Waals surface area contributed by atoms with Crippen LogP contribution in [0.1, 0.15) is 57.1 Å². The van der Waals surface area contributed by atoms with E-state index in [1.165, 1.54) is 38.2 Å². The molecule has 2 rings (SSSR count). The normalized spacial score (nSPS) is 16.3. The summed E-state index contributed by atoms with van der Waals surface area (Å²) in [6.07, 6.45) is 6.42. The zero-order valence-electron chi connectivity index (χ0n) is 13.4. The fourth-order valence-corrected chi connectivity index (χ4v) is 3.24. The topological polar surface area (TPSA) is 29.3 Å². The molecule has 3 heteroatoms. The molecule has 0 saturated heterocycles. The molecule has 1 aliphatic rings. The summed E-state index contributed by atoms with van der Waals surface area (Å²) in [5.74, 6) is 0.549. The van der Waals surface area contributed by atoms with Gasteiger partial charge in [-0.2, -0.15) is 0 Å². The lowest BCUT2D eigenvalue weighted by Gasteiger charge is -2.30. The van der Waals surface area contributed by atoms with Gasteiger partial charge in [-0.3, -0.25) is 4.90 Å². The van der Waals surface area contributed by atoms with E-state index >= 15 is 0 Å². The Labute approximate surface area is 128 Å². The minimum atomic E-state index is -0.155. The highest BCUT2D eigenvalue weighted by atomic mass is 19.1. The number of hydrogen-bond acceptors (Lipinski definition) is 2. The van der Waals surface area contributed by atoms with Gasteiger partial charge >= 0.3 is 0 Å². The maximum atomic E-state index is 13.6. The third-order valence-corrected chi connectivity index (χ3v) is 4.60. The Hall–Kier alpha value is -0.930. The Balaban J connectivity index is 2.11. The van der Waals surface area contributed by atoms with Crippen molar-refractivity contribution in [2.75, 3.05) is 6.54 Å². The highest BCUT2D eigenvalue weighted by molar-refractivity contribution is 5.27. The molecule has 0 aliphatic heterocycles. The van der Waals surface area contributed by atoms with E-state index in [-0.39, 0.29) is 5.82 Å². The fraction of sp³-hybridized carbons (Fsp3) is 0.667. The van der Waals surface area contributed by atoms with Crippen LogP contribution in [0.3, 0.4) is 0 Å². The Bertz CT molecular complexity index is 439. The maximum absolute atomic E-state index is 13.6. The van der Waals surface area contributed by atoms with Gasteiger partial charge in [0, 0.05) is 19.1 Å². The van der Waals surface area contributed by atoms with Gasteiger partial charge in [0.1, 0.15) is 5.82 Å². The second-order valence-corrected chi connectivity index (χ2v) is 6.71. The summed E-state index contributed by atoms with van der Waals surface area (Å²) < 4.78 is 13.6. The van der Waals surface area contributed by atoms with Gasteiger partial charge in [0.05, 0.1) is 0 Å². The van der Waals surface area contributed by atoms with Crippen molar-refractivity contribution >= 4 is 0 Å². The van der Waals surface area contributed by atoms with Crippen LogP contribution in [0, 0.1) is 11.7 Å². The Kier molecular flexibility index (Phi) is 6.19. The summed E-state index contributed by atoms with van der Waals surface area (Å²) in [6, 6.07) is 5.68. The molecule has 1 aromatic rings. The molecule has 2 N–H and O–H groups in total. The summed E-state index contributed by atoms with van der Waals surface area (Å²) in [5.41, 5.74) is 7.95. The van der Waals surface area contributed by atoms with Crippen molar-refractivity contribution in [3.8, 4) is 0 Å². The van der Waals surface area contributed by atoms with Crippen molar-refractivity contribution in [3.63, 3.8) is 0 Å². The molecular formula is C18H29FN2. The molecule has 21 heavy (non-hydrogen) atoms. The zero-order valence-corrected chi connectivity index (χ0v) is 13.4. The number of nitrogens with two attached hydrogens (primary N) is 1. The Morgan fingerprint density at radius 3 is 2.57 bits per heavy atom. The first-order valence-electron chi connectivity index (χ1n) is 8.31. The first kappa shape index (κ1) is 16.4. The van der Waals surface area contributed by atoms with E-state index in [4.69, 9.17) is 5.73 Å². The van der Waals surface area contributed by atoms with Crippen molar-refractivity contribution < 1.29 is 4.39 Å². The van der Waals surface area contributed by atoms with Gasteiger partial charge in [-0.05, 0) is 55.0 Å². The molecule has 0 amide bonds. The minimum absolute atomic E-state index is 0.155. The second-order valence-electron chi connectivity index (χ2n) is 6.71. The molecule has 0 bridgehead atoms. The molecule has 1 saturated carbocycles. The van der Waals surface area contributed by atoms with Crippen molar-refractivity contribution in [1.82, 2.24) is 4.90 Å². The predicted octanol–water partition coefficient (Wildman–Crippen LogP) is 4.08.